The summed E-state index contributed by atoms with van der Waals surface area (Å²) in [5.74, 6) is 0.209. The van der Waals surface area contributed by atoms with Crippen molar-refractivity contribution < 1.29 is 19.7 Å². The van der Waals surface area contributed by atoms with Gasteiger partial charge < -0.3 is 19.8 Å². The summed E-state index contributed by atoms with van der Waals surface area (Å²) in [5, 5.41) is 18.9. The molecule has 1 saturated heterocycles. The number of nitrogens with zero attached hydrogens (tertiary/aromatic N) is 1. The van der Waals surface area contributed by atoms with Crippen molar-refractivity contribution in [1.82, 2.24) is 4.90 Å². The first-order chi connectivity index (χ1) is 9.08. The number of carbonyl (C=O) groups is 1. The summed E-state index contributed by atoms with van der Waals surface area (Å²) in [6.45, 7) is 0.683. The summed E-state index contributed by atoms with van der Waals surface area (Å²) in [6.07, 6.45) is 0.403. The predicted molar refractivity (Wildman–Crippen MR) is 69.8 cm³/mol. The van der Waals surface area contributed by atoms with E-state index in [-0.39, 0.29) is 17.7 Å². The average molecular weight is 265 g/mol. The van der Waals surface area contributed by atoms with Gasteiger partial charge in [0.1, 0.15) is 5.75 Å². The topological polar surface area (TPSA) is 70.0 Å². The highest BCUT2D eigenvalue weighted by Gasteiger charge is 2.31. The molecule has 1 amide bonds. The Morgan fingerprint density at radius 3 is 2.63 bits per heavy atom. The molecule has 1 heterocycles. The van der Waals surface area contributed by atoms with E-state index in [1.165, 1.54) is 0 Å². The second-order valence-electron chi connectivity index (χ2n) is 4.84. The summed E-state index contributed by atoms with van der Waals surface area (Å²) in [7, 11) is 1.70. The van der Waals surface area contributed by atoms with E-state index in [9.17, 15) is 15.0 Å². The van der Waals surface area contributed by atoms with Crippen LogP contribution in [0.2, 0.25) is 0 Å². The molecule has 0 saturated carbocycles. The Morgan fingerprint density at radius 1 is 1.37 bits per heavy atom. The minimum atomic E-state index is -0.595. The van der Waals surface area contributed by atoms with E-state index < -0.39 is 6.10 Å². The molecule has 104 valence electrons. The van der Waals surface area contributed by atoms with Gasteiger partial charge in [0.05, 0.1) is 25.4 Å². The third kappa shape index (κ3) is 3.45. The summed E-state index contributed by atoms with van der Waals surface area (Å²) < 4.78 is 5.14. The van der Waals surface area contributed by atoms with E-state index in [0.29, 0.717) is 26.1 Å². The number of phenols is 1. The molecule has 0 spiro atoms. The summed E-state index contributed by atoms with van der Waals surface area (Å²) >= 11 is 0. The molecule has 5 nitrogen and oxygen atoms in total. The number of aliphatic hydroxyl groups is 1. The minimum Gasteiger partial charge on any atom is -0.508 e. The quantitative estimate of drug-likeness (QED) is 0.834. The minimum absolute atomic E-state index is 0.0115. The number of aliphatic hydroxyl groups excluding tert-OH is 1. The largest absolute Gasteiger partial charge is 0.508 e. The van der Waals surface area contributed by atoms with Gasteiger partial charge in [0.2, 0.25) is 5.91 Å². The standard InChI is InChI=1S/C14H19NO4/c1-15(12-8-19-9-13(12)17)14(18)7-4-10-2-5-11(16)6-3-10/h2-3,5-6,12-13,16-17H,4,7-9H2,1H3/t12-,13-/m0/s1. The Kier molecular flexibility index (Phi) is 4.39. The Balaban J connectivity index is 1.85. The lowest BCUT2D eigenvalue weighted by atomic mass is 10.1. The fourth-order valence-corrected chi connectivity index (χ4v) is 2.18. The maximum Gasteiger partial charge on any atom is 0.223 e. The van der Waals surface area contributed by atoms with Gasteiger partial charge in [0.15, 0.2) is 0 Å². The molecule has 2 N–H and O–H groups in total. The Labute approximate surface area is 112 Å². The van der Waals surface area contributed by atoms with Crippen LogP contribution in [0.3, 0.4) is 0 Å². The van der Waals surface area contributed by atoms with Gasteiger partial charge in [-0.2, -0.15) is 0 Å². The molecule has 1 aromatic rings. The zero-order chi connectivity index (χ0) is 13.8. The van der Waals surface area contributed by atoms with Crippen molar-refractivity contribution in [3.63, 3.8) is 0 Å². The molecule has 0 aliphatic carbocycles. The zero-order valence-electron chi connectivity index (χ0n) is 11.0. The Morgan fingerprint density at radius 2 is 2.05 bits per heavy atom. The smallest absolute Gasteiger partial charge is 0.223 e. The Hall–Kier alpha value is -1.59. The number of likely N-dealkylation sites (N-methyl/N-ethyl adjacent to an activating group) is 1. The first-order valence-electron chi connectivity index (χ1n) is 6.37. The second kappa shape index (κ2) is 6.04. The normalized spacial score (nSPS) is 22.4. The molecule has 1 aromatic carbocycles. The maximum atomic E-state index is 12.0. The highest BCUT2D eigenvalue weighted by molar-refractivity contribution is 5.76. The molecule has 2 rings (SSSR count). The predicted octanol–water partition coefficient (Wildman–Crippen LogP) is 0.543. The first kappa shape index (κ1) is 13.8. The van der Waals surface area contributed by atoms with Crippen LogP contribution in [0.1, 0.15) is 12.0 Å². The lowest BCUT2D eigenvalue weighted by Crippen LogP contribution is -2.44. The van der Waals surface area contributed by atoms with Gasteiger partial charge >= 0.3 is 0 Å². The molecule has 5 heteroatoms. The van der Waals surface area contributed by atoms with Crippen molar-refractivity contribution in [2.45, 2.75) is 25.0 Å². The maximum absolute atomic E-state index is 12.0. The van der Waals surface area contributed by atoms with Crippen LogP contribution in [0.25, 0.3) is 0 Å². The van der Waals surface area contributed by atoms with Gasteiger partial charge in [-0.3, -0.25) is 4.79 Å². The van der Waals surface area contributed by atoms with Crippen LogP contribution in [-0.4, -0.2) is 53.4 Å². The molecule has 1 aliphatic rings. The first-order valence-corrected chi connectivity index (χ1v) is 6.37. The van der Waals surface area contributed by atoms with E-state index in [0.717, 1.165) is 5.56 Å². The number of phenolic OH excluding ortho intramolecular Hbond substituents is 1. The number of carbonyl (C=O) groups excluding carboxylic acids is 1. The fourth-order valence-electron chi connectivity index (χ4n) is 2.18. The van der Waals surface area contributed by atoms with Crippen LogP contribution in [0.15, 0.2) is 24.3 Å². The number of hydrogen-bond donors (Lipinski definition) is 2. The van der Waals surface area contributed by atoms with Gasteiger partial charge in [-0.05, 0) is 24.1 Å². The van der Waals surface area contributed by atoms with Crippen LogP contribution in [0.5, 0.6) is 5.75 Å². The molecular formula is C14H19NO4. The molecule has 2 atom stereocenters. The van der Waals surface area contributed by atoms with Gasteiger partial charge in [-0.1, -0.05) is 12.1 Å². The van der Waals surface area contributed by atoms with Crippen molar-refractivity contribution in [2.75, 3.05) is 20.3 Å². The van der Waals surface area contributed by atoms with Crippen molar-refractivity contribution in [1.29, 1.82) is 0 Å². The van der Waals surface area contributed by atoms with Gasteiger partial charge in [0, 0.05) is 13.5 Å². The monoisotopic (exact) mass is 265 g/mol. The second-order valence-corrected chi connectivity index (χ2v) is 4.84. The van der Waals surface area contributed by atoms with E-state index in [1.807, 2.05) is 0 Å². The molecule has 1 fully saturated rings. The number of hydrogen-bond acceptors (Lipinski definition) is 4. The number of ether oxygens (including phenoxy) is 1. The van der Waals surface area contributed by atoms with E-state index in [2.05, 4.69) is 0 Å². The van der Waals surface area contributed by atoms with Crippen LogP contribution < -0.4 is 0 Å². The molecule has 0 bridgehead atoms. The summed E-state index contributed by atoms with van der Waals surface area (Å²) in [5.41, 5.74) is 1.00. The van der Waals surface area contributed by atoms with E-state index in [1.54, 1.807) is 36.2 Å². The van der Waals surface area contributed by atoms with Gasteiger partial charge in [0.25, 0.3) is 0 Å². The lowest BCUT2D eigenvalue weighted by molar-refractivity contribution is -0.133. The van der Waals surface area contributed by atoms with Crippen LogP contribution in [0.4, 0.5) is 0 Å². The molecule has 0 unspecified atom stereocenters. The van der Waals surface area contributed by atoms with Crippen molar-refractivity contribution >= 4 is 5.91 Å². The lowest BCUT2D eigenvalue weighted by Gasteiger charge is -2.25. The zero-order valence-corrected chi connectivity index (χ0v) is 11.0. The highest BCUT2D eigenvalue weighted by atomic mass is 16.5. The van der Waals surface area contributed by atoms with Crippen molar-refractivity contribution in [3.05, 3.63) is 29.8 Å². The number of aromatic hydroxyl groups is 1. The number of amides is 1. The fraction of sp³-hybridized carbons (Fsp3) is 0.500. The number of rotatable bonds is 4. The SMILES string of the molecule is CN(C(=O)CCc1ccc(O)cc1)[C@H]1COC[C@@H]1O. The molecule has 0 radical (unpaired) electrons. The van der Waals surface area contributed by atoms with Crippen LogP contribution >= 0.6 is 0 Å². The molecular weight excluding hydrogens is 246 g/mol. The van der Waals surface area contributed by atoms with Gasteiger partial charge in [-0.15, -0.1) is 0 Å². The Bertz CT molecular complexity index is 432. The van der Waals surface area contributed by atoms with E-state index in [4.69, 9.17) is 4.74 Å². The van der Waals surface area contributed by atoms with Gasteiger partial charge in [-0.25, -0.2) is 0 Å². The van der Waals surface area contributed by atoms with Crippen LogP contribution in [-0.2, 0) is 16.0 Å². The average Bonchev–Trinajstić information content (AvgIpc) is 2.83. The third-order valence-corrected chi connectivity index (χ3v) is 3.48. The van der Waals surface area contributed by atoms with Crippen molar-refractivity contribution in [3.8, 4) is 5.75 Å². The van der Waals surface area contributed by atoms with Crippen LogP contribution in [0, 0.1) is 0 Å². The van der Waals surface area contributed by atoms with Crippen molar-refractivity contribution in [2.24, 2.45) is 0 Å². The third-order valence-electron chi connectivity index (χ3n) is 3.48. The number of benzene rings is 1. The molecule has 1 aliphatic heterocycles. The van der Waals surface area contributed by atoms with E-state index >= 15 is 0 Å². The molecule has 0 aromatic heterocycles. The summed E-state index contributed by atoms with van der Waals surface area (Å²) in [6, 6.07) is 6.58. The highest BCUT2D eigenvalue weighted by Crippen LogP contribution is 2.15. The molecule has 19 heavy (non-hydrogen) atoms. The summed E-state index contributed by atoms with van der Waals surface area (Å²) in [4.78, 5) is 13.6. The number of aryl methyl sites for hydroxylation is 1.